The Morgan fingerprint density at radius 1 is 0.969 bits per heavy atom. The highest BCUT2D eigenvalue weighted by Crippen LogP contribution is 2.13. The number of hydrogen-bond acceptors (Lipinski definition) is 5. The number of carbonyl (C=O) groups excluding carboxylic acids is 2. The van der Waals surface area contributed by atoms with E-state index in [1.165, 1.54) is 18.2 Å². The molecule has 0 unspecified atom stereocenters. The summed E-state index contributed by atoms with van der Waals surface area (Å²) in [5.74, 6) is -3.95. The Hall–Kier alpha value is -4.21. The van der Waals surface area contributed by atoms with Gasteiger partial charge in [-0.05, 0) is 41.8 Å². The van der Waals surface area contributed by atoms with E-state index in [1.807, 2.05) is 0 Å². The molecule has 8 nitrogen and oxygen atoms in total. The van der Waals surface area contributed by atoms with E-state index in [0.29, 0.717) is 16.7 Å². The molecule has 0 aliphatic heterocycles. The van der Waals surface area contributed by atoms with Gasteiger partial charge in [-0.1, -0.05) is 18.2 Å². The Morgan fingerprint density at radius 2 is 1.72 bits per heavy atom. The van der Waals surface area contributed by atoms with E-state index in [4.69, 9.17) is 5.11 Å². The van der Waals surface area contributed by atoms with Gasteiger partial charge in [0.25, 0.3) is 5.91 Å². The van der Waals surface area contributed by atoms with Crippen molar-refractivity contribution >= 4 is 23.6 Å². The normalized spacial score (nSPS) is 10.5. The summed E-state index contributed by atoms with van der Waals surface area (Å²) in [5, 5.41) is 14.1. The summed E-state index contributed by atoms with van der Waals surface area (Å²) in [6, 6.07) is 9.15. The average molecular weight is 440 g/mol. The summed E-state index contributed by atoms with van der Waals surface area (Å²) < 4.78 is 26.2. The second kappa shape index (κ2) is 9.73. The van der Waals surface area contributed by atoms with Gasteiger partial charge in [0, 0.05) is 12.6 Å². The topological polar surface area (TPSA) is 121 Å². The second-order valence-corrected chi connectivity index (χ2v) is 6.90. The van der Waals surface area contributed by atoms with Crippen LogP contribution in [0.2, 0.25) is 0 Å². The van der Waals surface area contributed by atoms with Crippen LogP contribution < -0.4 is 10.6 Å². The molecule has 0 atom stereocenters. The van der Waals surface area contributed by atoms with Gasteiger partial charge in [0.15, 0.2) is 11.6 Å². The third kappa shape index (κ3) is 5.69. The Kier molecular flexibility index (Phi) is 6.83. The third-order valence-corrected chi connectivity index (χ3v) is 4.49. The number of nitrogens with one attached hydrogen (secondary N) is 2. The molecular weight excluding hydrogens is 422 g/mol. The summed E-state index contributed by atoms with van der Waals surface area (Å²) in [6.45, 7) is 1.59. The number of aromatic carboxylic acids is 1. The number of carbonyl (C=O) groups is 3. The van der Waals surface area contributed by atoms with Crippen molar-refractivity contribution in [3.63, 3.8) is 0 Å². The Labute approximate surface area is 181 Å². The molecule has 0 aliphatic carbocycles. The van der Waals surface area contributed by atoms with Crippen LogP contribution in [0, 0.1) is 18.6 Å². The zero-order valence-corrected chi connectivity index (χ0v) is 16.9. The lowest BCUT2D eigenvalue weighted by Gasteiger charge is -2.08. The summed E-state index contributed by atoms with van der Waals surface area (Å²) in [6.07, 6.45) is 1.08. The van der Waals surface area contributed by atoms with E-state index in [-0.39, 0.29) is 30.0 Å². The van der Waals surface area contributed by atoms with Crippen molar-refractivity contribution in [3.05, 3.63) is 88.4 Å². The number of aromatic nitrogens is 2. The molecule has 0 aliphatic rings. The number of halogens is 2. The molecule has 0 radical (unpaired) electrons. The molecule has 2 amide bonds. The predicted molar refractivity (Wildman–Crippen MR) is 110 cm³/mol. The SMILES string of the molecule is Cc1cc(CC(=O)Nc2cc(C(=O)NCc3ccc(F)c(F)c3)ncn2)ccc1C(=O)O. The first-order chi connectivity index (χ1) is 15.2. The molecule has 164 valence electrons. The fourth-order valence-electron chi connectivity index (χ4n) is 2.92. The first kappa shape index (κ1) is 22.5. The van der Waals surface area contributed by atoms with Crippen molar-refractivity contribution < 1.29 is 28.3 Å². The molecule has 3 N–H and O–H groups in total. The van der Waals surface area contributed by atoms with Crippen LogP contribution in [0.5, 0.6) is 0 Å². The zero-order valence-electron chi connectivity index (χ0n) is 16.9. The van der Waals surface area contributed by atoms with Gasteiger partial charge in [-0.3, -0.25) is 9.59 Å². The second-order valence-electron chi connectivity index (χ2n) is 6.90. The van der Waals surface area contributed by atoms with Crippen molar-refractivity contribution in [1.82, 2.24) is 15.3 Å². The monoisotopic (exact) mass is 440 g/mol. The van der Waals surface area contributed by atoms with Crippen LogP contribution in [-0.4, -0.2) is 32.9 Å². The van der Waals surface area contributed by atoms with Crippen molar-refractivity contribution in [1.29, 1.82) is 0 Å². The fourth-order valence-corrected chi connectivity index (χ4v) is 2.92. The molecule has 32 heavy (non-hydrogen) atoms. The molecule has 3 rings (SSSR count). The van der Waals surface area contributed by atoms with E-state index < -0.39 is 29.4 Å². The molecule has 0 saturated carbocycles. The van der Waals surface area contributed by atoms with E-state index in [0.717, 1.165) is 18.5 Å². The van der Waals surface area contributed by atoms with E-state index in [2.05, 4.69) is 20.6 Å². The van der Waals surface area contributed by atoms with Crippen LogP contribution in [-0.2, 0) is 17.8 Å². The highest BCUT2D eigenvalue weighted by Gasteiger charge is 2.13. The highest BCUT2D eigenvalue weighted by atomic mass is 19.2. The first-order valence-corrected chi connectivity index (χ1v) is 9.40. The number of carboxylic acid groups (broad SMARTS) is 1. The number of amides is 2. The quantitative estimate of drug-likeness (QED) is 0.520. The molecule has 0 spiro atoms. The van der Waals surface area contributed by atoms with Crippen molar-refractivity contribution in [2.45, 2.75) is 19.9 Å². The highest BCUT2D eigenvalue weighted by molar-refractivity contribution is 5.95. The molecular formula is C22H18F2N4O4. The van der Waals surface area contributed by atoms with E-state index >= 15 is 0 Å². The molecule has 10 heteroatoms. The summed E-state index contributed by atoms with van der Waals surface area (Å²) in [4.78, 5) is 43.4. The first-order valence-electron chi connectivity index (χ1n) is 9.40. The van der Waals surface area contributed by atoms with E-state index in [9.17, 15) is 23.2 Å². The maximum Gasteiger partial charge on any atom is 0.335 e. The minimum atomic E-state index is -1.05. The molecule has 1 heterocycles. The van der Waals surface area contributed by atoms with Crippen LogP contribution in [0.25, 0.3) is 0 Å². The van der Waals surface area contributed by atoms with Crippen molar-refractivity contribution in [2.24, 2.45) is 0 Å². The largest absolute Gasteiger partial charge is 0.478 e. The lowest BCUT2D eigenvalue weighted by Crippen LogP contribution is -2.24. The Morgan fingerprint density at radius 3 is 2.41 bits per heavy atom. The van der Waals surface area contributed by atoms with Crippen LogP contribution in [0.15, 0.2) is 48.8 Å². The minimum Gasteiger partial charge on any atom is -0.478 e. The molecule has 0 fully saturated rings. The van der Waals surface area contributed by atoms with Gasteiger partial charge in [-0.25, -0.2) is 23.5 Å². The van der Waals surface area contributed by atoms with Gasteiger partial charge >= 0.3 is 5.97 Å². The number of hydrogen-bond donors (Lipinski definition) is 3. The van der Waals surface area contributed by atoms with Gasteiger partial charge in [0.1, 0.15) is 17.8 Å². The van der Waals surface area contributed by atoms with Crippen LogP contribution in [0.1, 0.15) is 37.5 Å². The summed E-state index contributed by atoms with van der Waals surface area (Å²) >= 11 is 0. The summed E-state index contributed by atoms with van der Waals surface area (Å²) in [5.41, 5.74) is 1.64. The molecule has 1 aromatic heterocycles. The van der Waals surface area contributed by atoms with Crippen LogP contribution >= 0.6 is 0 Å². The predicted octanol–water partition coefficient (Wildman–Crippen LogP) is 2.87. The Balaban J connectivity index is 1.60. The molecule has 3 aromatic rings. The zero-order chi connectivity index (χ0) is 23.3. The van der Waals surface area contributed by atoms with Gasteiger partial charge in [-0.15, -0.1) is 0 Å². The van der Waals surface area contributed by atoms with Crippen LogP contribution in [0.3, 0.4) is 0 Å². The maximum absolute atomic E-state index is 13.3. The van der Waals surface area contributed by atoms with E-state index in [1.54, 1.807) is 19.1 Å². The lowest BCUT2D eigenvalue weighted by atomic mass is 10.0. The number of aryl methyl sites for hydroxylation is 1. The molecule has 0 bridgehead atoms. The molecule has 2 aromatic carbocycles. The number of nitrogens with zero attached hydrogens (tertiary/aromatic N) is 2. The third-order valence-electron chi connectivity index (χ3n) is 4.49. The van der Waals surface area contributed by atoms with Gasteiger partial charge in [0.2, 0.25) is 5.91 Å². The minimum absolute atomic E-state index is 0.0254. The van der Waals surface area contributed by atoms with Gasteiger partial charge in [0.05, 0.1) is 12.0 Å². The fraction of sp³-hybridized carbons (Fsp3) is 0.136. The van der Waals surface area contributed by atoms with Gasteiger partial charge < -0.3 is 15.7 Å². The molecule has 0 saturated heterocycles. The number of anilines is 1. The average Bonchev–Trinajstić information content (AvgIpc) is 2.74. The van der Waals surface area contributed by atoms with Crippen molar-refractivity contribution in [3.8, 4) is 0 Å². The number of benzene rings is 2. The van der Waals surface area contributed by atoms with Crippen molar-refractivity contribution in [2.75, 3.05) is 5.32 Å². The van der Waals surface area contributed by atoms with Crippen LogP contribution in [0.4, 0.5) is 14.6 Å². The lowest BCUT2D eigenvalue weighted by molar-refractivity contribution is -0.115. The summed E-state index contributed by atoms with van der Waals surface area (Å²) in [7, 11) is 0. The Bertz CT molecular complexity index is 1200. The number of rotatable bonds is 7. The standard InChI is InChI=1S/C22H18F2N4O4/c1-12-6-13(2-4-15(12)22(31)32)8-20(29)28-19-9-18(26-11-27-19)21(30)25-10-14-3-5-16(23)17(24)7-14/h2-7,9,11H,8,10H2,1H3,(H,25,30)(H,31,32)(H,26,27,28,29). The number of carboxylic acids is 1. The smallest absolute Gasteiger partial charge is 0.335 e. The van der Waals surface area contributed by atoms with Gasteiger partial charge in [-0.2, -0.15) is 0 Å². The maximum atomic E-state index is 13.3.